The van der Waals surface area contributed by atoms with Gasteiger partial charge in [0.05, 0.1) is 6.04 Å². The summed E-state index contributed by atoms with van der Waals surface area (Å²) in [5.74, 6) is 0. The summed E-state index contributed by atoms with van der Waals surface area (Å²) in [6, 6.07) is 0.113. The van der Waals surface area contributed by atoms with Crippen molar-refractivity contribution in [3.8, 4) is 0 Å². The molecule has 1 atom stereocenters. The van der Waals surface area contributed by atoms with Gasteiger partial charge in [-0.3, -0.25) is 0 Å². The Kier molecular flexibility index (Phi) is 4.02. The minimum Gasteiger partial charge on any atom is -0.444 e. The largest absolute Gasteiger partial charge is 0.444 e. The van der Waals surface area contributed by atoms with Gasteiger partial charge in [0.1, 0.15) is 5.60 Å². The monoisotopic (exact) mass is 237 g/mol. The molecular weight excluding hydrogens is 214 g/mol. The molecule has 1 fully saturated rings. The Morgan fingerprint density at radius 2 is 2.12 bits per heavy atom. The van der Waals surface area contributed by atoms with E-state index in [4.69, 9.17) is 4.74 Å². The smallest absolute Gasteiger partial charge is 0.410 e. The molecule has 1 aliphatic rings. The Morgan fingerprint density at radius 3 is 2.59 bits per heavy atom. The maximum absolute atomic E-state index is 12.0. The van der Waals surface area contributed by atoms with E-state index in [2.05, 4.69) is 6.58 Å². The minimum atomic E-state index is -0.447. The lowest BCUT2D eigenvalue weighted by Gasteiger charge is -2.29. The third-order valence-electron chi connectivity index (χ3n) is 2.95. The first-order valence-corrected chi connectivity index (χ1v) is 6.06. The van der Waals surface area contributed by atoms with Crippen LogP contribution in [0.5, 0.6) is 0 Å². The van der Waals surface area contributed by atoms with E-state index in [1.807, 2.05) is 33.8 Å². The molecule has 0 aromatic carbocycles. The topological polar surface area (TPSA) is 29.5 Å². The van der Waals surface area contributed by atoms with Gasteiger partial charge in [0.15, 0.2) is 0 Å². The summed E-state index contributed by atoms with van der Waals surface area (Å²) in [4.78, 5) is 13.6. The molecule has 96 valence electrons. The molecule has 0 aromatic heterocycles. The van der Waals surface area contributed by atoms with Gasteiger partial charge < -0.3 is 9.64 Å². The fourth-order valence-electron chi connectivity index (χ4n) is 2.11. The highest BCUT2D eigenvalue weighted by Gasteiger charge is 2.31. The van der Waals surface area contributed by atoms with Crippen molar-refractivity contribution in [2.45, 2.75) is 52.2 Å². The molecule has 0 radical (unpaired) electrons. The highest BCUT2D eigenvalue weighted by atomic mass is 16.6. The summed E-state index contributed by atoms with van der Waals surface area (Å²) in [5, 5.41) is 0. The highest BCUT2D eigenvalue weighted by Crippen LogP contribution is 2.33. The molecule has 0 aromatic rings. The van der Waals surface area contributed by atoms with Gasteiger partial charge in [0, 0.05) is 7.05 Å². The second-order valence-electron chi connectivity index (χ2n) is 5.49. The Labute approximate surface area is 104 Å². The molecule has 0 aliphatic heterocycles. The number of rotatable bonds is 1. The van der Waals surface area contributed by atoms with E-state index in [0.29, 0.717) is 0 Å². The molecule has 17 heavy (non-hydrogen) atoms. The third kappa shape index (κ3) is 3.35. The molecule has 0 N–H and O–H groups in total. The maximum atomic E-state index is 12.0. The lowest BCUT2D eigenvalue weighted by Crippen LogP contribution is -2.40. The summed E-state index contributed by atoms with van der Waals surface area (Å²) >= 11 is 0. The van der Waals surface area contributed by atoms with Crippen molar-refractivity contribution in [2.24, 2.45) is 0 Å². The van der Waals surface area contributed by atoms with E-state index >= 15 is 0 Å². The van der Waals surface area contributed by atoms with Gasteiger partial charge >= 0.3 is 6.09 Å². The quantitative estimate of drug-likeness (QED) is 0.698. The normalized spacial score (nSPS) is 23.0. The molecule has 1 amide bonds. The predicted molar refractivity (Wildman–Crippen MR) is 69.9 cm³/mol. The summed E-state index contributed by atoms with van der Waals surface area (Å²) in [6.07, 6.45) is 3.67. The summed E-state index contributed by atoms with van der Waals surface area (Å²) in [6.45, 7) is 11.6. The van der Waals surface area contributed by atoms with E-state index in [-0.39, 0.29) is 12.1 Å². The number of carbonyl (C=O) groups excluding carboxylic acids is 1. The number of carbonyl (C=O) groups is 1. The van der Waals surface area contributed by atoms with Crippen molar-refractivity contribution >= 4 is 6.09 Å². The van der Waals surface area contributed by atoms with Crippen molar-refractivity contribution < 1.29 is 9.53 Å². The molecule has 3 nitrogen and oxygen atoms in total. The van der Waals surface area contributed by atoms with Crippen molar-refractivity contribution in [1.82, 2.24) is 4.90 Å². The number of likely N-dealkylation sites (N-methyl/N-ethyl adjacent to an activating group) is 1. The second-order valence-corrected chi connectivity index (χ2v) is 5.49. The average Bonchev–Trinajstić information content (AvgIpc) is 2.55. The molecule has 1 aliphatic carbocycles. The Hall–Kier alpha value is -1.25. The number of nitrogens with zero attached hydrogens (tertiary/aromatic N) is 1. The second kappa shape index (κ2) is 4.94. The first-order chi connectivity index (χ1) is 7.76. The fourth-order valence-corrected chi connectivity index (χ4v) is 2.11. The molecule has 0 spiro atoms. The van der Waals surface area contributed by atoms with Crippen LogP contribution in [-0.4, -0.2) is 29.7 Å². The van der Waals surface area contributed by atoms with Gasteiger partial charge in [-0.15, -0.1) is 0 Å². The lowest BCUT2D eigenvalue weighted by atomic mass is 10.1. The zero-order chi connectivity index (χ0) is 13.2. The number of amides is 1. The number of allylic oxidation sites excluding steroid dienone is 1. The van der Waals surface area contributed by atoms with Crippen LogP contribution in [0.4, 0.5) is 4.79 Å². The van der Waals surface area contributed by atoms with Crippen LogP contribution in [0.3, 0.4) is 0 Å². The van der Waals surface area contributed by atoms with Crippen LogP contribution >= 0.6 is 0 Å². The lowest BCUT2D eigenvalue weighted by molar-refractivity contribution is 0.0252. The van der Waals surface area contributed by atoms with Gasteiger partial charge in [0.2, 0.25) is 0 Å². The zero-order valence-corrected chi connectivity index (χ0v) is 11.5. The van der Waals surface area contributed by atoms with E-state index in [0.717, 1.165) is 18.4 Å². The molecule has 1 saturated carbocycles. The van der Waals surface area contributed by atoms with Gasteiger partial charge in [0.25, 0.3) is 0 Å². The van der Waals surface area contributed by atoms with Crippen LogP contribution in [-0.2, 0) is 4.74 Å². The van der Waals surface area contributed by atoms with Crippen molar-refractivity contribution in [2.75, 3.05) is 7.05 Å². The average molecular weight is 237 g/mol. The highest BCUT2D eigenvalue weighted by molar-refractivity contribution is 5.69. The predicted octanol–water partition coefficient (Wildman–Crippen LogP) is 3.52. The van der Waals surface area contributed by atoms with E-state index < -0.39 is 5.60 Å². The standard InChI is InChI=1S/C14H23NO2/c1-7-11-10(2)8-9-12(11)15(6)13(16)17-14(3,4)5/h7,12H,2,8-9H2,1,3-6H3/b11-7+. The Balaban J connectivity index is 2.74. The molecule has 0 heterocycles. The summed E-state index contributed by atoms with van der Waals surface area (Å²) in [7, 11) is 1.79. The van der Waals surface area contributed by atoms with Gasteiger partial charge in [-0.1, -0.05) is 18.2 Å². The van der Waals surface area contributed by atoms with Crippen molar-refractivity contribution in [3.63, 3.8) is 0 Å². The van der Waals surface area contributed by atoms with Gasteiger partial charge in [-0.25, -0.2) is 4.79 Å². The number of hydrogen-bond acceptors (Lipinski definition) is 2. The SMILES string of the molecule is C=C1CCC(N(C)C(=O)OC(C)(C)C)/C1=C/C. The van der Waals surface area contributed by atoms with Crippen LogP contribution in [0.25, 0.3) is 0 Å². The van der Waals surface area contributed by atoms with Crippen molar-refractivity contribution in [3.05, 3.63) is 23.8 Å². The first kappa shape index (κ1) is 13.8. The van der Waals surface area contributed by atoms with Crippen LogP contribution < -0.4 is 0 Å². The van der Waals surface area contributed by atoms with Gasteiger partial charge in [-0.2, -0.15) is 0 Å². The van der Waals surface area contributed by atoms with Crippen LogP contribution in [0, 0.1) is 0 Å². The van der Waals surface area contributed by atoms with Crippen LogP contribution in [0.2, 0.25) is 0 Å². The van der Waals surface area contributed by atoms with Crippen molar-refractivity contribution in [1.29, 1.82) is 0 Å². The molecule has 3 heteroatoms. The third-order valence-corrected chi connectivity index (χ3v) is 2.95. The molecule has 0 bridgehead atoms. The van der Waals surface area contributed by atoms with Crippen LogP contribution in [0.15, 0.2) is 23.8 Å². The Bertz CT molecular complexity index is 350. The maximum Gasteiger partial charge on any atom is 0.410 e. The van der Waals surface area contributed by atoms with E-state index in [1.54, 1.807) is 11.9 Å². The van der Waals surface area contributed by atoms with Gasteiger partial charge in [-0.05, 0) is 46.1 Å². The Morgan fingerprint density at radius 1 is 1.53 bits per heavy atom. The number of hydrogen-bond donors (Lipinski definition) is 0. The molecular formula is C14H23NO2. The van der Waals surface area contributed by atoms with Crippen LogP contribution in [0.1, 0.15) is 40.5 Å². The molecule has 1 rings (SSSR count). The summed E-state index contributed by atoms with van der Waals surface area (Å²) < 4.78 is 5.37. The summed E-state index contributed by atoms with van der Waals surface area (Å²) in [5.41, 5.74) is 1.85. The minimum absolute atomic E-state index is 0.113. The number of ether oxygens (including phenoxy) is 1. The fraction of sp³-hybridized carbons (Fsp3) is 0.643. The molecule has 0 saturated heterocycles. The first-order valence-electron chi connectivity index (χ1n) is 6.06. The van der Waals surface area contributed by atoms with E-state index in [9.17, 15) is 4.79 Å². The van der Waals surface area contributed by atoms with E-state index in [1.165, 1.54) is 5.57 Å². The molecule has 1 unspecified atom stereocenters. The zero-order valence-electron chi connectivity index (χ0n) is 11.5.